The molecule has 0 aliphatic carbocycles. The minimum atomic E-state index is -0.826. The largest absolute Gasteiger partial charge is 0.507 e. The van der Waals surface area contributed by atoms with Crippen molar-refractivity contribution in [1.29, 1.82) is 0 Å². The molecule has 2 aromatic carbocycles. The molecule has 1 unspecified atom stereocenters. The van der Waals surface area contributed by atoms with E-state index in [-0.39, 0.29) is 11.3 Å². The summed E-state index contributed by atoms with van der Waals surface area (Å²) in [4.78, 5) is 31.9. The Morgan fingerprint density at radius 1 is 1.00 bits per heavy atom. The Balaban J connectivity index is 1.98. The maximum atomic E-state index is 13.2. The minimum absolute atomic E-state index is 0.0284. The van der Waals surface area contributed by atoms with Crippen LogP contribution in [0.2, 0.25) is 5.02 Å². The number of aliphatic hydroxyl groups excluding tert-OH is 1. The zero-order valence-electron chi connectivity index (χ0n) is 17.4. The van der Waals surface area contributed by atoms with Crippen LogP contribution in [0.25, 0.3) is 5.76 Å². The Hall–Kier alpha value is -3.44. The first-order valence-electron chi connectivity index (χ1n) is 9.84. The van der Waals surface area contributed by atoms with Gasteiger partial charge in [0.25, 0.3) is 11.7 Å². The first-order chi connectivity index (χ1) is 14.8. The number of halogens is 1. The molecule has 5 nitrogen and oxygen atoms in total. The molecule has 6 heteroatoms. The van der Waals surface area contributed by atoms with E-state index in [4.69, 9.17) is 11.6 Å². The highest BCUT2D eigenvalue weighted by Gasteiger charge is 2.47. The van der Waals surface area contributed by atoms with Gasteiger partial charge in [0.1, 0.15) is 5.76 Å². The predicted molar refractivity (Wildman–Crippen MR) is 121 cm³/mol. The van der Waals surface area contributed by atoms with Gasteiger partial charge in [0, 0.05) is 28.7 Å². The number of aliphatic hydroxyl groups is 1. The van der Waals surface area contributed by atoms with Crippen molar-refractivity contribution < 1.29 is 14.7 Å². The highest BCUT2D eigenvalue weighted by molar-refractivity contribution is 6.52. The van der Waals surface area contributed by atoms with Crippen LogP contribution in [0.5, 0.6) is 0 Å². The molecule has 0 saturated carbocycles. The van der Waals surface area contributed by atoms with E-state index in [1.165, 1.54) is 4.90 Å². The van der Waals surface area contributed by atoms with Gasteiger partial charge in [0.2, 0.25) is 0 Å². The number of ketones is 1. The fourth-order valence-electron chi connectivity index (χ4n) is 3.82. The molecular formula is C25H21ClN2O3. The molecule has 2 heterocycles. The third-order valence-electron chi connectivity index (χ3n) is 5.66. The summed E-state index contributed by atoms with van der Waals surface area (Å²) in [6.07, 6.45) is 3.21. The molecule has 0 spiro atoms. The summed E-state index contributed by atoms with van der Waals surface area (Å²) < 4.78 is 0. The summed E-state index contributed by atoms with van der Waals surface area (Å²) in [6, 6.07) is 13.3. The van der Waals surface area contributed by atoms with Crippen molar-refractivity contribution in [1.82, 2.24) is 4.98 Å². The second kappa shape index (κ2) is 8.00. The van der Waals surface area contributed by atoms with Gasteiger partial charge in [0.15, 0.2) is 0 Å². The van der Waals surface area contributed by atoms with Crippen molar-refractivity contribution in [3.8, 4) is 0 Å². The number of aryl methyl sites for hydroxylation is 3. The summed E-state index contributed by atoms with van der Waals surface area (Å²) in [5, 5.41) is 11.6. The molecule has 1 N–H and O–H groups in total. The van der Waals surface area contributed by atoms with E-state index in [0.29, 0.717) is 21.8 Å². The number of hydrogen-bond donors (Lipinski definition) is 1. The summed E-state index contributed by atoms with van der Waals surface area (Å²) in [5.74, 6) is -1.67. The Kier molecular flexibility index (Phi) is 5.38. The number of benzene rings is 2. The molecule has 156 valence electrons. The Morgan fingerprint density at radius 2 is 1.74 bits per heavy atom. The quantitative estimate of drug-likeness (QED) is 0.347. The van der Waals surface area contributed by atoms with Crippen LogP contribution in [0, 0.1) is 20.8 Å². The number of rotatable bonds is 3. The third-order valence-corrected chi connectivity index (χ3v) is 5.89. The zero-order valence-corrected chi connectivity index (χ0v) is 18.1. The van der Waals surface area contributed by atoms with Gasteiger partial charge in [-0.25, -0.2) is 0 Å². The van der Waals surface area contributed by atoms with Gasteiger partial charge in [0.05, 0.1) is 11.6 Å². The molecule has 4 rings (SSSR count). The molecular weight excluding hydrogens is 412 g/mol. The average molecular weight is 433 g/mol. The molecule has 0 bridgehead atoms. The minimum Gasteiger partial charge on any atom is -0.507 e. The van der Waals surface area contributed by atoms with E-state index in [1.54, 1.807) is 48.8 Å². The number of anilines is 1. The van der Waals surface area contributed by atoms with E-state index >= 15 is 0 Å². The van der Waals surface area contributed by atoms with Gasteiger partial charge in [-0.2, -0.15) is 0 Å². The fraction of sp³-hybridized carbons (Fsp3) is 0.160. The van der Waals surface area contributed by atoms with Gasteiger partial charge >= 0.3 is 0 Å². The predicted octanol–water partition coefficient (Wildman–Crippen LogP) is 5.29. The van der Waals surface area contributed by atoms with Crippen LogP contribution < -0.4 is 4.90 Å². The first-order valence-corrected chi connectivity index (χ1v) is 10.2. The smallest absolute Gasteiger partial charge is 0.300 e. The second-order valence-corrected chi connectivity index (χ2v) is 8.12. The van der Waals surface area contributed by atoms with Crippen molar-refractivity contribution in [3.05, 3.63) is 99.3 Å². The van der Waals surface area contributed by atoms with Crippen molar-refractivity contribution in [2.45, 2.75) is 26.8 Å². The van der Waals surface area contributed by atoms with Crippen LogP contribution >= 0.6 is 11.6 Å². The molecule has 1 saturated heterocycles. The highest BCUT2D eigenvalue weighted by Crippen LogP contribution is 2.43. The maximum absolute atomic E-state index is 13.2. The van der Waals surface area contributed by atoms with E-state index in [9.17, 15) is 14.7 Å². The van der Waals surface area contributed by atoms with E-state index in [0.717, 1.165) is 16.7 Å². The van der Waals surface area contributed by atoms with E-state index < -0.39 is 17.7 Å². The lowest BCUT2D eigenvalue weighted by molar-refractivity contribution is -0.132. The van der Waals surface area contributed by atoms with E-state index in [1.807, 2.05) is 32.9 Å². The number of pyridine rings is 1. The van der Waals surface area contributed by atoms with Gasteiger partial charge < -0.3 is 5.11 Å². The van der Waals surface area contributed by atoms with Gasteiger partial charge in [-0.1, -0.05) is 35.9 Å². The van der Waals surface area contributed by atoms with Crippen molar-refractivity contribution in [2.75, 3.05) is 4.90 Å². The van der Waals surface area contributed by atoms with Gasteiger partial charge in [-0.3, -0.25) is 19.5 Å². The summed E-state index contributed by atoms with van der Waals surface area (Å²) in [7, 11) is 0. The fourth-order valence-corrected chi connectivity index (χ4v) is 3.99. The van der Waals surface area contributed by atoms with Crippen LogP contribution in [-0.2, 0) is 9.59 Å². The van der Waals surface area contributed by atoms with Crippen molar-refractivity contribution in [2.24, 2.45) is 0 Å². The lowest BCUT2D eigenvalue weighted by Gasteiger charge is -2.26. The molecule has 31 heavy (non-hydrogen) atoms. The summed E-state index contributed by atoms with van der Waals surface area (Å²) in [6.45, 7) is 5.74. The topological polar surface area (TPSA) is 70.5 Å². The van der Waals surface area contributed by atoms with Gasteiger partial charge in [-0.15, -0.1) is 0 Å². The Morgan fingerprint density at radius 3 is 2.42 bits per heavy atom. The third kappa shape index (κ3) is 3.62. The lowest BCUT2D eigenvalue weighted by atomic mass is 9.95. The number of carbonyl (C=O) groups excluding carboxylic acids is 2. The molecule has 1 fully saturated rings. The standard InChI is InChI=1S/C25H21ClN2O3/c1-14-6-8-17(11-16(14)3)23(29)21-22(18-5-4-10-27-13-18)28(25(31)24(21)30)20-12-19(26)9-7-15(20)2/h4-13,22,29H,1-3H3/b23-21+. The first kappa shape index (κ1) is 20.8. The van der Waals surface area contributed by atoms with Crippen molar-refractivity contribution in [3.63, 3.8) is 0 Å². The van der Waals surface area contributed by atoms with Crippen LogP contribution in [0.3, 0.4) is 0 Å². The molecule has 0 radical (unpaired) electrons. The number of aromatic nitrogens is 1. The maximum Gasteiger partial charge on any atom is 0.300 e. The monoisotopic (exact) mass is 432 g/mol. The van der Waals surface area contributed by atoms with Crippen LogP contribution in [0.15, 0.2) is 66.5 Å². The number of carbonyl (C=O) groups is 2. The molecule has 1 aliphatic rings. The number of hydrogen-bond acceptors (Lipinski definition) is 4. The second-order valence-electron chi connectivity index (χ2n) is 7.69. The number of nitrogens with zero attached hydrogens (tertiary/aromatic N) is 2. The average Bonchev–Trinajstić information content (AvgIpc) is 3.02. The van der Waals surface area contributed by atoms with Crippen LogP contribution in [0.4, 0.5) is 5.69 Å². The molecule has 1 amide bonds. The summed E-state index contributed by atoms with van der Waals surface area (Å²) in [5.41, 5.74) is 4.47. The van der Waals surface area contributed by atoms with Crippen LogP contribution in [-0.4, -0.2) is 21.8 Å². The van der Waals surface area contributed by atoms with E-state index in [2.05, 4.69) is 4.98 Å². The van der Waals surface area contributed by atoms with Crippen LogP contribution in [0.1, 0.15) is 33.9 Å². The Bertz CT molecular complexity index is 1230. The molecule has 1 aromatic heterocycles. The molecule has 3 aromatic rings. The molecule has 1 atom stereocenters. The lowest BCUT2D eigenvalue weighted by Crippen LogP contribution is -2.30. The normalized spacial score (nSPS) is 17.9. The summed E-state index contributed by atoms with van der Waals surface area (Å²) >= 11 is 6.20. The molecule has 1 aliphatic heterocycles. The number of amides is 1. The van der Waals surface area contributed by atoms with Crippen molar-refractivity contribution >= 4 is 34.7 Å². The number of Topliss-reactive ketones (excluding diaryl/α,β-unsaturated/α-hetero) is 1. The zero-order chi connectivity index (χ0) is 22.3. The SMILES string of the molecule is Cc1ccc(/C(O)=C2\C(=O)C(=O)N(c3cc(Cl)ccc3C)C2c2cccnc2)cc1C. The highest BCUT2D eigenvalue weighted by atomic mass is 35.5. The Labute approximate surface area is 185 Å². The van der Waals surface area contributed by atoms with Gasteiger partial charge in [-0.05, 0) is 67.3 Å².